The van der Waals surface area contributed by atoms with Gasteiger partial charge in [0, 0.05) is 6.54 Å². The summed E-state index contributed by atoms with van der Waals surface area (Å²) in [5.41, 5.74) is 2.97. The Morgan fingerprint density at radius 1 is 1.13 bits per heavy atom. The van der Waals surface area contributed by atoms with Gasteiger partial charge in [-0.15, -0.1) is 0 Å². The van der Waals surface area contributed by atoms with Crippen molar-refractivity contribution in [1.82, 2.24) is 5.32 Å². The molecule has 3 heteroatoms. The number of rotatable bonds is 4. The van der Waals surface area contributed by atoms with E-state index in [1.807, 2.05) is 32.0 Å². The van der Waals surface area contributed by atoms with Crippen molar-refractivity contribution in [3.63, 3.8) is 0 Å². The van der Waals surface area contributed by atoms with Crippen LogP contribution in [0.1, 0.15) is 22.8 Å². The number of aryl methyl sites for hydroxylation is 2. The van der Waals surface area contributed by atoms with E-state index in [1.165, 1.54) is 0 Å². The smallest absolute Gasteiger partial charge is 0.106 e. The molecule has 0 spiro atoms. The first-order valence-electron chi connectivity index (χ1n) is 5.13. The van der Waals surface area contributed by atoms with E-state index in [0.29, 0.717) is 6.54 Å². The number of benzene rings is 1. The Morgan fingerprint density at radius 3 is 2.13 bits per heavy atom. The Morgan fingerprint density at radius 2 is 1.67 bits per heavy atom. The first-order chi connectivity index (χ1) is 7.04. The van der Waals surface area contributed by atoms with Crippen molar-refractivity contribution in [3.05, 3.63) is 34.9 Å². The van der Waals surface area contributed by atoms with Crippen LogP contribution in [0.5, 0.6) is 0 Å². The molecule has 0 saturated carbocycles. The molecule has 1 aromatic carbocycles. The van der Waals surface area contributed by atoms with Crippen LogP contribution in [0.15, 0.2) is 18.2 Å². The van der Waals surface area contributed by atoms with Crippen molar-refractivity contribution in [1.29, 1.82) is 0 Å². The van der Waals surface area contributed by atoms with Crippen molar-refractivity contribution in [2.24, 2.45) is 0 Å². The molecule has 0 aliphatic rings. The summed E-state index contributed by atoms with van der Waals surface area (Å²) in [7, 11) is 1.75. The molecule has 15 heavy (non-hydrogen) atoms. The zero-order valence-electron chi connectivity index (χ0n) is 9.49. The van der Waals surface area contributed by atoms with Gasteiger partial charge < -0.3 is 15.5 Å². The number of likely N-dealkylation sites (N-methyl/N-ethyl adjacent to an activating group) is 1. The molecule has 0 heterocycles. The highest BCUT2D eigenvalue weighted by Crippen LogP contribution is 2.19. The number of nitrogens with one attached hydrogen (secondary N) is 1. The van der Waals surface area contributed by atoms with E-state index in [9.17, 15) is 10.2 Å². The molecule has 0 saturated heterocycles. The summed E-state index contributed by atoms with van der Waals surface area (Å²) in [5, 5.41) is 22.4. The van der Waals surface area contributed by atoms with Gasteiger partial charge in [-0.2, -0.15) is 0 Å². The Labute approximate surface area is 90.8 Å². The largest absolute Gasteiger partial charge is 0.389 e. The highest BCUT2D eigenvalue weighted by molar-refractivity contribution is 5.30. The molecule has 0 aliphatic heterocycles. The first-order valence-corrected chi connectivity index (χ1v) is 5.13. The molecule has 2 unspecified atom stereocenters. The van der Waals surface area contributed by atoms with Gasteiger partial charge in [-0.05, 0) is 26.5 Å². The van der Waals surface area contributed by atoms with Crippen LogP contribution in [0, 0.1) is 13.8 Å². The van der Waals surface area contributed by atoms with Crippen LogP contribution in [0.2, 0.25) is 0 Å². The van der Waals surface area contributed by atoms with Gasteiger partial charge in [0.25, 0.3) is 0 Å². The minimum Gasteiger partial charge on any atom is -0.389 e. The lowest BCUT2D eigenvalue weighted by Crippen LogP contribution is -2.29. The van der Waals surface area contributed by atoms with Crippen LogP contribution in [-0.4, -0.2) is 29.9 Å². The molecule has 0 aliphatic carbocycles. The van der Waals surface area contributed by atoms with Crippen LogP contribution in [-0.2, 0) is 0 Å². The lowest BCUT2D eigenvalue weighted by molar-refractivity contribution is 0.0202. The maximum atomic E-state index is 9.88. The van der Waals surface area contributed by atoms with Gasteiger partial charge in [0.2, 0.25) is 0 Å². The van der Waals surface area contributed by atoms with Crippen molar-refractivity contribution in [2.75, 3.05) is 13.6 Å². The molecule has 0 aromatic heterocycles. The third kappa shape index (κ3) is 3.30. The SMILES string of the molecule is CNCC(O)C(O)c1cc(C)cc(C)c1. The number of hydrogen-bond acceptors (Lipinski definition) is 3. The predicted octanol–water partition coefficient (Wildman–Crippen LogP) is 0.917. The van der Waals surface area contributed by atoms with E-state index >= 15 is 0 Å². The summed E-state index contributed by atoms with van der Waals surface area (Å²) in [6.45, 7) is 4.34. The predicted molar refractivity (Wildman–Crippen MR) is 60.8 cm³/mol. The van der Waals surface area contributed by atoms with E-state index in [0.717, 1.165) is 16.7 Å². The summed E-state index contributed by atoms with van der Waals surface area (Å²) < 4.78 is 0. The molecule has 0 fully saturated rings. The summed E-state index contributed by atoms with van der Waals surface area (Å²) >= 11 is 0. The molecule has 0 radical (unpaired) electrons. The van der Waals surface area contributed by atoms with Crippen molar-refractivity contribution >= 4 is 0 Å². The molecular formula is C12H19NO2. The minimum absolute atomic E-state index is 0.383. The fourth-order valence-electron chi connectivity index (χ4n) is 1.72. The van der Waals surface area contributed by atoms with E-state index in [4.69, 9.17) is 0 Å². The quantitative estimate of drug-likeness (QED) is 0.691. The van der Waals surface area contributed by atoms with Crippen LogP contribution >= 0.6 is 0 Å². The number of aliphatic hydroxyl groups excluding tert-OH is 2. The van der Waals surface area contributed by atoms with Gasteiger partial charge >= 0.3 is 0 Å². The van der Waals surface area contributed by atoms with Gasteiger partial charge in [-0.3, -0.25) is 0 Å². The third-order valence-corrected chi connectivity index (χ3v) is 2.36. The zero-order chi connectivity index (χ0) is 11.4. The van der Waals surface area contributed by atoms with Crippen LogP contribution in [0.3, 0.4) is 0 Å². The van der Waals surface area contributed by atoms with Crippen molar-refractivity contribution in [3.8, 4) is 0 Å². The van der Waals surface area contributed by atoms with Gasteiger partial charge in [0.15, 0.2) is 0 Å². The van der Waals surface area contributed by atoms with Crippen molar-refractivity contribution in [2.45, 2.75) is 26.1 Å². The second kappa shape index (κ2) is 5.26. The first kappa shape index (κ1) is 12.2. The fourth-order valence-corrected chi connectivity index (χ4v) is 1.72. The third-order valence-electron chi connectivity index (χ3n) is 2.36. The standard InChI is InChI=1S/C12H19NO2/c1-8-4-9(2)6-10(5-8)12(15)11(14)7-13-3/h4-6,11-15H,7H2,1-3H3. The normalized spacial score (nSPS) is 15.0. The lowest BCUT2D eigenvalue weighted by atomic mass is 10.00. The zero-order valence-corrected chi connectivity index (χ0v) is 9.49. The molecule has 1 rings (SSSR count). The number of hydrogen-bond donors (Lipinski definition) is 3. The molecule has 1 aromatic rings. The van der Waals surface area contributed by atoms with Crippen LogP contribution < -0.4 is 5.32 Å². The molecule has 84 valence electrons. The van der Waals surface area contributed by atoms with Gasteiger partial charge in [-0.25, -0.2) is 0 Å². The van der Waals surface area contributed by atoms with E-state index in [-0.39, 0.29) is 0 Å². The Bertz CT molecular complexity index is 305. The maximum Gasteiger partial charge on any atom is 0.106 e. The maximum absolute atomic E-state index is 9.88. The second-order valence-electron chi connectivity index (χ2n) is 3.99. The molecule has 3 N–H and O–H groups in total. The summed E-state index contributed by atoms with van der Waals surface area (Å²) in [5.74, 6) is 0. The van der Waals surface area contributed by atoms with Gasteiger partial charge in [0.05, 0.1) is 6.10 Å². The molecule has 3 nitrogen and oxygen atoms in total. The van der Waals surface area contributed by atoms with Crippen LogP contribution in [0.4, 0.5) is 0 Å². The van der Waals surface area contributed by atoms with Crippen molar-refractivity contribution < 1.29 is 10.2 Å². The minimum atomic E-state index is -0.823. The molecule has 2 atom stereocenters. The molecular weight excluding hydrogens is 190 g/mol. The van der Waals surface area contributed by atoms with E-state index < -0.39 is 12.2 Å². The average Bonchev–Trinajstić information content (AvgIpc) is 2.15. The second-order valence-corrected chi connectivity index (χ2v) is 3.99. The highest BCUT2D eigenvalue weighted by atomic mass is 16.3. The highest BCUT2D eigenvalue weighted by Gasteiger charge is 2.17. The monoisotopic (exact) mass is 209 g/mol. The Balaban J connectivity index is 2.85. The Kier molecular flexibility index (Phi) is 4.27. The van der Waals surface area contributed by atoms with Gasteiger partial charge in [-0.1, -0.05) is 29.3 Å². The summed E-state index contributed by atoms with van der Waals surface area (Å²) in [4.78, 5) is 0. The topological polar surface area (TPSA) is 52.5 Å². The fraction of sp³-hybridized carbons (Fsp3) is 0.500. The molecule has 0 amide bonds. The summed E-state index contributed by atoms with van der Waals surface area (Å²) in [6.07, 6.45) is -1.59. The summed E-state index contributed by atoms with van der Waals surface area (Å²) in [6, 6.07) is 5.84. The van der Waals surface area contributed by atoms with E-state index in [2.05, 4.69) is 5.32 Å². The van der Waals surface area contributed by atoms with Gasteiger partial charge in [0.1, 0.15) is 6.10 Å². The Hall–Kier alpha value is -0.900. The lowest BCUT2D eigenvalue weighted by Gasteiger charge is -2.18. The molecule has 0 bridgehead atoms. The van der Waals surface area contributed by atoms with E-state index in [1.54, 1.807) is 7.05 Å². The number of aliphatic hydroxyl groups is 2. The average molecular weight is 209 g/mol. The van der Waals surface area contributed by atoms with Crippen LogP contribution in [0.25, 0.3) is 0 Å².